The van der Waals surface area contributed by atoms with Crippen molar-refractivity contribution in [2.45, 2.75) is 0 Å². The highest BCUT2D eigenvalue weighted by atomic mass is 16.6. The summed E-state index contributed by atoms with van der Waals surface area (Å²) in [5.41, 5.74) is 1.93. The number of hydrogen-bond donors (Lipinski definition) is 2. The standard InChI is InChI=1S/C36H46O10/c37-13-15-39-17-19-41-21-23-43-25-27-45-33-11-9-29-5-1-3-7-31(29)35(33)36-32-8-4-2-6-30(32)10-12-34(36)46-28-26-44-24-22-42-20-18-40-16-14-38/h1-12,37-38H,13-28H2. The summed E-state index contributed by atoms with van der Waals surface area (Å²) in [6.45, 7) is 5.81. The second-order valence-corrected chi connectivity index (χ2v) is 10.1. The Labute approximate surface area is 270 Å². The van der Waals surface area contributed by atoms with Crippen LogP contribution in [0.2, 0.25) is 0 Å². The summed E-state index contributed by atoms with van der Waals surface area (Å²) < 4.78 is 45.6. The topological polar surface area (TPSA) is 114 Å². The quantitative estimate of drug-likeness (QED) is 0.101. The van der Waals surface area contributed by atoms with Gasteiger partial charge in [0.1, 0.15) is 24.7 Å². The highest BCUT2D eigenvalue weighted by Gasteiger charge is 2.19. The lowest BCUT2D eigenvalue weighted by Crippen LogP contribution is -2.14. The zero-order chi connectivity index (χ0) is 32.1. The lowest BCUT2D eigenvalue weighted by Gasteiger charge is -2.20. The number of fused-ring (bicyclic) bond motifs is 2. The highest BCUT2D eigenvalue weighted by molar-refractivity contribution is 6.09. The van der Waals surface area contributed by atoms with Crippen LogP contribution in [0, 0.1) is 0 Å². The first kappa shape index (κ1) is 35.5. The van der Waals surface area contributed by atoms with E-state index in [0.717, 1.165) is 44.2 Å². The van der Waals surface area contributed by atoms with Crippen LogP contribution in [-0.2, 0) is 28.4 Å². The van der Waals surface area contributed by atoms with Gasteiger partial charge in [-0.05, 0) is 33.7 Å². The Hall–Kier alpha value is -3.32. The van der Waals surface area contributed by atoms with E-state index in [1.807, 2.05) is 36.4 Å². The SMILES string of the molecule is OCCOCCOCCOCCOc1ccc2ccccc2c1-c1c(OCCOCCOCCOCCO)ccc2ccccc12. The summed E-state index contributed by atoms with van der Waals surface area (Å²) in [6, 6.07) is 24.7. The maximum Gasteiger partial charge on any atom is 0.128 e. The van der Waals surface area contributed by atoms with E-state index in [9.17, 15) is 0 Å². The van der Waals surface area contributed by atoms with Gasteiger partial charge in [-0.15, -0.1) is 0 Å². The summed E-state index contributed by atoms with van der Waals surface area (Å²) in [5.74, 6) is 1.49. The molecule has 10 heteroatoms. The molecule has 46 heavy (non-hydrogen) atoms. The first-order valence-corrected chi connectivity index (χ1v) is 15.8. The largest absolute Gasteiger partial charge is 0.491 e. The third kappa shape index (κ3) is 11.5. The summed E-state index contributed by atoms with van der Waals surface area (Å²) in [4.78, 5) is 0. The molecule has 4 aromatic rings. The zero-order valence-electron chi connectivity index (χ0n) is 26.4. The van der Waals surface area contributed by atoms with Gasteiger partial charge in [0.05, 0.1) is 92.5 Å². The van der Waals surface area contributed by atoms with E-state index in [1.165, 1.54) is 0 Å². The van der Waals surface area contributed by atoms with Crippen molar-refractivity contribution in [2.24, 2.45) is 0 Å². The van der Waals surface area contributed by atoms with Crippen LogP contribution in [0.4, 0.5) is 0 Å². The van der Waals surface area contributed by atoms with Crippen molar-refractivity contribution in [3.8, 4) is 22.6 Å². The number of ether oxygens (including phenoxy) is 8. The summed E-state index contributed by atoms with van der Waals surface area (Å²) in [7, 11) is 0. The van der Waals surface area contributed by atoms with Gasteiger partial charge in [-0.2, -0.15) is 0 Å². The summed E-state index contributed by atoms with van der Waals surface area (Å²) >= 11 is 0. The number of aliphatic hydroxyl groups excluding tert-OH is 2. The number of aliphatic hydroxyl groups is 2. The van der Waals surface area contributed by atoms with Gasteiger partial charge in [0.15, 0.2) is 0 Å². The molecule has 0 saturated heterocycles. The summed E-state index contributed by atoms with van der Waals surface area (Å²) in [6.07, 6.45) is 0. The minimum Gasteiger partial charge on any atom is -0.491 e. The monoisotopic (exact) mass is 638 g/mol. The molecule has 0 saturated carbocycles. The van der Waals surface area contributed by atoms with Crippen molar-refractivity contribution in [2.75, 3.05) is 106 Å². The third-order valence-corrected chi connectivity index (χ3v) is 6.96. The molecule has 0 radical (unpaired) electrons. The Morgan fingerprint density at radius 2 is 0.674 bits per heavy atom. The van der Waals surface area contributed by atoms with Gasteiger partial charge in [-0.1, -0.05) is 60.7 Å². The van der Waals surface area contributed by atoms with Gasteiger partial charge in [-0.3, -0.25) is 0 Å². The smallest absolute Gasteiger partial charge is 0.128 e. The fourth-order valence-corrected chi connectivity index (χ4v) is 4.89. The first-order valence-electron chi connectivity index (χ1n) is 15.8. The molecule has 0 unspecified atom stereocenters. The van der Waals surface area contributed by atoms with Gasteiger partial charge in [0.2, 0.25) is 0 Å². The Balaban J connectivity index is 1.40. The average Bonchev–Trinajstić information content (AvgIpc) is 3.09. The number of benzene rings is 4. The predicted octanol–water partition coefficient (Wildman–Crippen LogP) is 4.50. The third-order valence-electron chi connectivity index (χ3n) is 6.96. The lowest BCUT2D eigenvalue weighted by atomic mass is 9.92. The maximum atomic E-state index is 8.74. The number of hydrogen-bond acceptors (Lipinski definition) is 10. The fraction of sp³-hybridized carbons (Fsp3) is 0.444. The summed E-state index contributed by atoms with van der Waals surface area (Å²) in [5, 5.41) is 21.8. The van der Waals surface area contributed by atoms with E-state index in [-0.39, 0.29) is 13.2 Å². The van der Waals surface area contributed by atoms with Crippen LogP contribution in [0.3, 0.4) is 0 Å². The Morgan fingerprint density at radius 1 is 0.348 bits per heavy atom. The van der Waals surface area contributed by atoms with Crippen molar-refractivity contribution in [3.05, 3.63) is 72.8 Å². The number of rotatable bonds is 25. The van der Waals surface area contributed by atoms with Crippen LogP contribution in [0.25, 0.3) is 32.7 Å². The fourth-order valence-electron chi connectivity index (χ4n) is 4.89. The van der Waals surface area contributed by atoms with Crippen LogP contribution in [-0.4, -0.2) is 116 Å². The molecule has 4 rings (SSSR count). The molecule has 0 amide bonds. The van der Waals surface area contributed by atoms with Gasteiger partial charge in [0, 0.05) is 11.1 Å². The van der Waals surface area contributed by atoms with Gasteiger partial charge < -0.3 is 48.1 Å². The molecule has 0 aromatic heterocycles. The van der Waals surface area contributed by atoms with Crippen LogP contribution in [0.15, 0.2) is 72.8 Å². The van der Waals surface area contributed by atoms with Gasteiger partial charge >= 0.3 is 0 Å². The van der Waals surface area contributed by atoms with E-state index in [1.54, 1.807) is 0 Å². The molecule has 0 bridgehead atoms. The molecule has 4 aromatic carbocycles. The molecule has 0 aliphatic heterocycles. The minimum absolute atomic E-state index is 0.00758. The van der Waals surface area contributed by atoms with E-state index in [0.29, 0.717) is 92.5 Å². The average molecular weight is 639 g/mol. The first-order chi connectivity index (χ1) is 22.8. The van der Waals surface area contributed by atoms with Crippen molar-refractivity contribution >= 4 is 21.5 Å². The van der Waals surface area contributed by atoms with Crippen molar-refractivity contribution in [1.82, 2.24) is 0 Å². The Morgan fingerprint density at radius 3 is 1.04 bits per heavy atom. The molecule has 0 spiro atoms. The second kappa shape index (κ2) is 21.5. The molecule has 0 heterocycles. The molecule has 250 valence electrons. The predicted molar refractivity (Wildman–Crippen MR) is 177 cm³/mol. The van der Waals surface area contributed by atoms with Crippen LogP contribution in [0.5, 0.6) is 11.5 Å². The molecule has 0 atom stereocenters. The molecule has 10 nitrogen and oxygen atoms in total. The van der Waals surface area contributed by atoms with E-state index in [2.05, 4.69) is 36.4 Å². The highest BCUT2D eigenvalue weighted by Crippen LogP contribution is 2.45. The van der Waals surface area contributed by atoms with E-state index >= 15 is 0 Å². The van der Waals surface area contributed by atoms with Crippen molar-refractivity contribution < 1.29 is 48.1 Å². The minimum atomic E-state index is 0.00758. The van der Waals surface area contributed by atoms with Crippen LogP contribution in [0.1, 0.15) is 0 Å². The van der Waals surface area contributed by atoms with E-state index < -0.39 is 0 Å². The molecule has 0 fully saturated rings. The van der Waals surface area contributed by atoms with Crippen molar-refractivity contribution in [1.29, 1.82) is 0 Å². The normalized spacial score (nSPS) is 11.4. The van der Waals surface area contributed by atoms with Gasteiger partial charge in [0.25, 0.3) is 0 Å². The Kier molecular flexibility index (Phi) is 16.6. The van der Waals surface area contributed by atoms with Gasteiger partial charge in [-0.25, -0.2) is 0 Å². The zero-order valence-corrected chi connectivity index (χ0v) is 26.4. The lowest BCUT2D eigenvalue weighted by molar-refractivity contribution is 0.00356. The molecular formula is C36H46O10. The molecule has 2 N–H and O–H groups in total. The molecule has 0 aliphatic carbocycles. The van der Waals surface area contributed by atoms with Crippen LogP contribution >= 0.6 is 0 Å². The van der Waals surface area contributed by atoms with Crippen LogP contribution < -0.4 is 9.47 Å². The van der Waals surface area contributed by atoms with E-state index in [4.69, 9.17) is 48.1 Å². The second-order valence-electron chi connectivity index (χ2n) is 10.1. The van der Waals surface area contributed by atoms with Crippen molar-refractivity contribution in [3.63, 3.8) is 0 Å². The molecule has 0 aliphatic rings. The maximum absolute atomic E-state index is 8.74. The Bertz CT molecular complexity index is 1310. The molecular weight excluding hydrogens is 592 g/mol.